The number of carbonyl (C=O) groups excluding carboxylic acids is 2. The molecular formula is C18H24N6O2. The van der Waals surface area contributed by atoms with Crippen LogP contribution in [0.2, 0.25) is 0 Å². The Morgan fingerprint density at radius 2 is 2.19 bits per heavy atom. The third kappa shape index (κ3) is 3.89. The summed E-state index contributed by atoms with van der Waals surface area (Å²) in [6.45, 7) is 5.79. The molecule has 1 atom stereocenters. The first-order valence-electron chi connectivity index (χ1n) is 9.01. The molecule has 8 heteroatoms. The van der Waals surface area contributed by atoms with Gasteiger partial charge in [-0.15, -0.1) is 5.10 Å². The number of nitrogens with zero attached hydrogens (tertiary/aromatic N) is 5. The van der Waals surface area contributed by atoms with E-state index in [9.17, 15) is 9.59 Å². The number of hydrogen-bond donors (Lipinski definition) is 1. The van der Waals surface area contributed by atoms with E-state index in [1.807, 2.05) is 26.0 Å². The molecule has 1 unspecified atom stereocenters. The molecule has 138 valence electrons. The van der Waals surface area contributed by atoms with Crippen molar-refractivity contribution in [3.05, 3.63) is 35.7 Å². The van der Waals surface area contributed by atoms with Crippen molar-refractivity contribution in [3.63, 3.8) is 0 Å². The van der Waals surface area contributed by atoms with Crippen molar-refractivity contribution in [2.75, 3.05) is 19.6 Å². The number of carbonyl (C=O) groups is 2. The predicted molar refractivity (Wildman–Crippen MR) is 95.8 cm³/mol. The average molecular weight is 356 g/mol. The molecule has 0 aliphatic carbocycles. The highest BCUT2D eigenvalue weighted by Crippen LogP contribution is 2.21. The first-order chi connectivity index (χ1) is 12.6. The molecular weight excluding hydrogens is 332 g/mol. The van der Waals surface area contributed by atoms with Crippen molar-refractivity contribution >= 4 is 11.8 Å². The number of rotatable bonds is 5. The molecule has 2 amide bonds. The van der Waals surface area contributed by atoms with Gasteiger partial charge in [0, 0.05) is 25.2 Å². The topological polar surface area (TPSA) is 93.0 Å². The van der Waals surface area contributed by atoms with E-state index in [4.69, 9.17) is 0 Å². The van der Waals surface area contributed by atoms with Gasteiger partial charge in [-0.3, -0.25) is 9.59 Å². The van der Waals surface area contributed by atoms with E-state index in [0.29, 0.717) is 25.2 Å². The highest BCUT2D eigenvalue weighted by molar-refractivity contribution is 5.95. The number of amides is 2. The van der Waals surface area contributed by atoms with E-state index < -0.39 is 0 Å². The second-order valence-corrected chi connectivity index (χ2v) is 6.64. The first-order valence-corrected chi connectivity index (χ1v) is 9.01. The maximum Gasteiger partial charge on any atom is 0.253 e. The lowest BCUT2D eigenvalue weighted by Gasteiger charge is -2.32. The highest BCUT2D eigenvalue weighted by Gasteiger charge is 2.28. The SMILES string of the molecule is CCCNC(=O)C1CCCN(C(=O)c2ccc(-n3cnnn3)c(C)c2)C1. The summed E-state index contributed by atoms with van der Waals surface area (Å²) in [6, 6.07) is 5.47. The zero-order chi connectivity index (χ0) is 18.5. The first kappa shape index (κ1) is 18.0. The van der Waals surface area contributed by atoms with Gasteiger partial charge in [0.2, 0.25) is 5.91 Å². The smallest absolute Gasteiger partial charge is 0.253 e. The Hall–Kier alpha value is -2.77. The highest BCUT2D eigenvalue weighted by atomic mass is 16.2. The lowest BCUT2D eigenvalue weighted by molar-refractivity contribution is -0.126. The summed E-state index contributed by atoms with van der Waals surface area (Å²) in [4.78, 5) is 26.9. The summed E-state index contributed by atoms with van der Waals surface area (Å²) >= 11 is 0. The minimum atomic E-state index is -0.124. The molecule has 26 heavy (non-hydrogen) atoms. The molecule has 2 aromatic rings. The Balaban J connectivity index is 1.70. The van der Waals surface area contributed by atoms with Crippen LogP contribution in [-0.4, -0.2) is 56.6 Å². The summed E-state index contributed by atoms with van der Waals surface area (Å²) in [5.74, 6) is -0.111. The Morgan fingerprint density at radius 3 is 2.88 bits per heavy atom. The molecule has 1 fully saturated rings. The van der Waals surface area contributed by atoms with Crippen LogP contribution < -0.4 is 5.32 Å². The fourth-order valence-electron chi connectivity index (χ4n) is 3.27. The zero-order valence-corrected chi connectivity index (χ0v) is 15.2. The number of aryl methyl sites for hydroxylation is 1. The Bertz CT molecular complexity index is 774. The Morgan fingerprint density at radius 1 is 1.35 bits per heavy atom. The molecule has 0 bridgehead atoms. The Labute approximate surface area is 152 Å². The summed E-state index contributed by atoms with van der Waals surface area (Å²) in [7, 11) is 0. The van der Waals surface area contributed by atoms with Gasteiger partial charge in [-0.2, -0.15) is 0 Å². The molecule has 1 N–H and O–H groups in total. The van der Waals surface area contributed by atoms with Crippen LogP contribution in [0, 0.1) is 12.8 Å². The lowest BCUT2D eigenvalue weighted by atomic mass is 9.96. The van der Waals surface area contributed by atoms with Gasteiger partial charge in [0.05, 0.1) is 11.6 Å². The average Bonchev–Trinajstić information content (AvgIpc) is 3.20. The van der Waals surface area contributed by atoms with E-state index >= 15 is 0 Å². The molecule has 1 aromatic heterocycles. The molecule has 8 nitrogen and oxygen atoms in total. The molecule has 0 saturated carbocycles. The minimum absolute atomic E-state index is 0.0376. The third-order valence-electron chi connectivity index (χ3n) is 4.67. The molecule has 2 heterocycles. The maximum atomic E-state index is 12.9. The number of nitrogens with one attached hydrogen (secondary N) is 1. The largest absolute Gasteiger partial charge is 0.356 e. The van der Waals surface area contributed by atoms with E-state index in [1.54, 1.807) is 15.6 Å². The van der Waals surface area contributed by atoms with Gasteiger partial charge in [0.1, 0.15) is 6.33 Å². The molecule has 3 rings (SSSR count). The number of tetrazole rings is 1. The molecule has 1 aliphatic rings. The number of benzene rings is 1. The molecule has 0 spiro atoms. The zero-order valence-electron chi connectivity index (χ0n) is 15.2. The lowest BCUT2D eigenvalue weighted by Crippen LogP contribution is -2.45. The van der Waals surface area contributed by atoms with Crippen molar-refractivity contribution in [3.8, 4) is 5.69 Å². The number of hydrogen-bond acceptors (Lipinski definition) is 5. The Kier molecular flexibility index (Phi) is 5.60. The van der Waals surface area contributed by atoms with Crippen LogP contribution in [0.4, 0.5) is 0 Å². The summed E-state index contributed by atoms with van der Waals surface area (Å²) in [5.41, 5.74) is 2.37. The van der Waals surface area contributed by atoms with E-state index in [2.05, 4.69) is 20.8 Å². The summed E-state index contributed by atoms with van der Waals surface area (Å²) in [5, 5.41) is 14.1. The molecule has 0 radical (unpaired) electrons. The van der Waals surface area contributed by atoms with Gasteiger partial charge < -0.3 is 10.2 Å². The minimum Gasteiger partial charge on any atom is -0.356 e. The van der Waals surface area contributed by atoms with Gasteiger partial charge in [0.15, 0.2) is 0 Å². The van der Waals surface area contributed by atoms with Gasteiger partial charge >= 0.3 is 0 Å². The van der Waals surface area contributed by atoms with Crippen molar-refractivity contribution < 1.29 is 9.59 Å². The molecule has 1 saturated heterocycles. The standard InChI is InChI=1S/C18H24N6O2/c1-3-8-19-17(25)15-5-4-9-23(11-15)18(26)14-6-7-16(13(2)10-14)24-12-20-21-22-24/h6-7,10,12,15H,3-5,8-9,11H2,1-2H3,(H,19,25). The second kappa shape index (κ2) is 8.07. The van der Waals surface area contributed by atoms with Crippen LogP contribution in [0.5, 0.6) is 0 Å². The third-order valence-corrected chi connectivity index (χ3v) is 4.67. The monoisotopic (exact) mass is 356 g/mol. The van der Waals surface area contributed by atoms with Crippen LogP contribution in [0.1, 0.15) is 42.1 Å². The van der Waals surface area contributed by atoms with Crippen LogP contribution in [-0.2, 0) is 4.79 Å². The van der Waals surface area contributed by atoms with E-state index in [-0.39, 0.29) is 17.7 Å². The maximum absolute atomic E-state index is 12.9. The fourth-order valence-corrected chi connectivity index (χ4v) is 3.27. The van der Waals surface area contributed by atoms with Gasteiger partial charge in [0.25, 0.3) is 5.91 Å². The quantitative estimate of drug-likeness (QED) is 0.873. The number of aromatic nitrogens is 4. The van der Waals surface area contributed by atoms with Crippen LogP contribution in [0.15, 0.2) is 24.5 Å². The molecule has 1 aromatic carbocycles. The number of likely N-dealkylation sites (tertiary alicyclic amines) is 1. The van der Waals surface area contributed by atoms with E-state index in [1.165, 1.54) is 6.33 Å². The summed E-state index contributed by atoms with van der Waals surface area (Å²) < 4.78 is 1.57. The van der Waals surface area contributed by atoms with Crippen molar-refractivity contribution in [1.82, 2.24) is 30.4 Å². The van der Waals surface area contributed by atoms with Gasteiger partial charge in [-0.25, -0.2) is 4.68 Å². The van der Waals surface area contributed by atoms with Crippen LogP contribution in [0.25, 0.3) is 5.69 Å². The predicted octanol–water partition coefficient (Wildman–Crippen LogP) is 1.35. The second-order valence-electron chi connectivity index (χ2n) is 6.64. The van der Waals surface area contributed by atoms with Crippen molar-refractivity contribution in [2.24, 2.45) is 5.92 Å². The normalized spacial score (nSPS) is 17.2. The summed E-state index contributed by atoms with van der Waals surface area (Å²) in [6.07, 6.45) is 4.11. The van der Waals surface area contributed by atoms with E-state index in [0.717, 1.165) is 30.5 Å². The van der Waals surface area contributed by atoms with Gasteiger partial charge in [-0.05, 0) is 60.4 Å². The van der Waals surface area contributed by atoms with Crippen LogP contribution in [0.3, 0.4) is 0 Å². The number of piperidine rings is 1. The van der Waals surface area contributed by atoms with Crippen molar-refractivity contribution in [2.45, 2.75) is 33.1 Å². The fraction of sp³-hybridized carbons (Fsp3) is 0.500. The van der Waals surface area contributed by atoms with Crippen LogP contribution >= 0.6 is 0 Å². The molecule has 1 aliphatic heterocycles. The van der Waals surface area contributed by atoms with Gasteiger partial charge in [-0.1, -0.05) is 6.92 Å². The van der Waals surface area contributed by atoms with Crippen molar-refractivity contribution in [1.29, 1.82) is 0 Å².